The number of ether oxygens (including phenoxy) is 1. The van der Waals surface area contributed by atoms with Gasteiger partial charge in [-0.1, -0.05) is 11.6 Å². The number of aromatic nitrogens is 2. The van der Waals surface area contributed by atoms with Gasteiger partial charge in [0, 0.05) is 31.9 Å². The zero-order valence-corrected chi connectivity index (χ0v) is 18.8. The zero-order valence-electron chi connectivity index (χ0n) is 17.2. The summed E-state index contributed by atoms with van der Waals surface area (Å²) in [5, 5.41) is 11.1. The third-order valence-corrected chi connectivity index (χ3v) is 6.05. The predicted octanol–water partition coefficient (Wildman–Crippen LogP) is 4.65. The summed E-state index contributed by atoms with van der Waals surface area (Å²) in [5.74, 6) is 1.45. The molecule has 1 aliphatic rings. The first kappa shape index (κ1) is 21.2. The monoisotopic (exact) mass is 458 g/mol. The SMILES string of the molecule is CCN1CCCOc2cc(Nc3ncc(Cl)c(Nc4ccsc4C(=O)NC)n3)ccc21. The second-order valence-corrected chi connectivity index (χ2v) is 8.17. The standard InChI is InChI=1S/C21H23ClN6O2S/c1-3-28-8-4-9-30-17-11-13(5-6-16(17)28)25-21-24-12-14(22)19(27-21)26-15-7-10-31-18(15)20(29)23-2/h5-7,10-12H,3-4,8-9H2,1-2H3,(H,23,29)(H2,24,25,26,27). The third kappa shape index (κ3) is 4.67. The summed E-state index contributed by atoms with van der Waals surface area (Å²) in [6.45, 7) is 4.73. The van der Waals surface area contributed by atoms with Gasteiger partial charge in [-0.05, 0) is 36.9 Å². The van der Waals surface area contributed by atoms with E-state index in [0.29, 0.717) is 34.0 Å². The largest absolute Gasteiger partial charge is 0.491 e. The average Bonchev–Trinajstić information content (AvgIpc) is 3.14. The lowest BCUT2D eigenvalue weighted by atomic mass is 10.2. The molecule has 4 rings (SSSR count). The van der Waals surface area contributed by atoms with Crippen LogP contribution in [-0.4, -0.2) is 42.6 Å². The maximum atomic E-state index is 12.0. The molecule has 0 bridgehead atoms. The van der Waals surface area contributed by atoms with E-state index in [1.165, 1.54) is 17.5 Å². The molecule has 1 aliphatic heterocycles. The molecule has 0 fully saturated rings. The average molecular weight is 459 g/mol. The van der Waals surface area contributed by atoms with E-state index in [1.54, 1.807) is 7.05 Å². The molecule has 3 aromatic rings. The number of hydrogen-bond donors (Lipinski definition) is 3. The number of thiophene rings is 1. The van der Waals surface area contributed by atoms with Crippen molar-refractivity contribution in [2.75, 3.05) is 42.3 Å². The molecule has 0 aliphatic carbocycles. The number of hydrogen-bond acceptors (Lipinski definition) is 8. The minimum Gasteiger partial charge on any atom is -0.491 e. The normalized spacial score (nSPS) is 13.1. The van der Waals surface area contributed by atoms with E-state index in [9.17, 15) is 4.79 Å². The van der Waals surface area contributed by atoms with Crippen LogP contribution in [0.1, 0.15) is 23.0 Å². The zero-order chi connectivity index (χ0) is 21.8. The summed E-state index contributed by atoms with van der Waals surface area (Å²) in [6.07, 6.45) is 2.51. The van der Waals surface area contributed by atoms with E-state index in [4.69, 9.17) is 16.3 Å². The van der Waals surface area contributed by atoms with Crippen LogP contribution in [0.3, 0.4) is 0 Å². The van der Waals surface area contributed by atoms with Crippen LogP contribution in [0.2, 0.25) is 5.02 Å². The lowest BCUT2D eigenvalue weighted by Crippen LogP contribution is -2.22. The molecule has 2 aromatic heterocycles. The van der Waals surface area contributed by atoms with Crippen molar-refractivity contribution < 1.29 is 9.53 Å². The quantitative estimate of drug-likeness (QED) is 0.495. The van der Waals surface area contributed by atoms with Crippen LogP contribution in [-0.2, 0) is 0 Å². The Morgan fingerprint density at radius 1 is 1.32 bits per heavy atom. The van der Waals surface area contributed by atoms with E-state index in [2.05, 4.69) is 37.7 Å². The summed E-state index contributed by atoms with van der Waals surface area (Å²) in [4.78, 5) is 23.6. The third-order valence-electron chi connectivity index (χ3n) is 4.86. The van der Waals surface area contributed by atoms with Gasteiger partial charge < -0.3 is 25.6 Å². The highest BCUT2D eigenvalue weighted by molar-refractivity contribution is 7.12. The Hall–Kier alpha value is -3.04. The van der Waals surface area contributed by atoms with Crippen molar-refractivity contribution in [3.8, 4) is 5.75 Å². The Balaban J connectivity index is 1.56. The van der Waals surface area contributed by atoms with Crippen LogP contribution in [0.5, 0.6) is 5.75 Å². The number of benzene rings is 1. The number of carbonyl (C=O) groups excluding carboxylic acids is 1. The highest BCUT2D eigenvalue weighted by Crippen LogP contribution is 2.35. The fraction of sp³-hybridized carbons (Fsp3) is 0.286. The van der Waals surface area contributed by atoms with Gasteiger partial charge >= 0.3 is 0 Å². The molecular weight excluding hydrogens is 436 g/mol. The summed E-state index contributed by atoms with van der Waals surface area (Å²) in [6, 6.07) is 7.79. The summed E-state index contributed by atoms with van der Waals surface area (Å²) >= 11 is 7.63. The molecule has 162 valence electrons. The molecule has 1 amide bonds. The second-order valence-electron chi connectivity index (χ2n) is 6.85. The van der Waals surface area contributed by atoms with Gasteiger partial charge in [0.25, 0.3) is 5.91 Å². The van der Waals surface area contributed by atoms with Crippen LogP contribution in [0.15, 0.2) is 35.8 Å². The highest BCUT2D eigenvalue weighted by atomic mass is 35.5. The Kier molecular flexibility index (Phi) is 6.43. The molecule has 3 N–H and O–H groups in total. The van der Waals surface area contributed by atoms with Crippen molar-refractivity contribution in [3.05, 3.63) is 45.7 Å². The van der Waals surface area contributed by atoms with Gasteiger partial charge in [-0.3, -0.25) is 4.79 Å². The minimum atomic E-state index is -0.174. The van der Waals surface area contributed by atoms with Crippen molar-refractivity contribution in [3.63, 3.8) is 0 Å². The molecule has 0 atom stereocenters. The summed E-state index contributed by atoms with van der Waals surface area (Å²) in [7, 11) is 1.59. The molecule has 0 unspecified atom stereocenters. The lowest BCUT2D eigenvalue weighted by molar-refractivity contribution is 0.0968. The number of halogens is 1. The second kappa shape index (κ2) is 9.40. The van der Waals surface area contributed by atoms with Gasteiger partial charge in [0.1, 0.15) is 15.6 Å². The maximum absolute atomic E-state index is 12.0. The van der Waals surface area contributed by atoms with Crippen LogP contribution in [0.4, 0.5) is 28.8 Å². The number of amides is 1. The topological polar surface area (TPSA) is 91.4 Å². The number of rotatable bonds is 6. The van der Waals surface area contributed by atoms with Gasteiger partial charge in [-0.25, -0.2) is 4.98 Å². The van der Waals surface area contributed by atoms with Crippen molar-refractivity contribution in [2.45, 2.75) is 13.3 Å². The van der Waals surface area contributed by atoms with E-state index in [1.807, 2.05) is 29.6 Å². The molecule has 31 heavy (non-hydrogen) atoms. The molecule has 0 saturated heterocycles. The molecule has 8 nitrogen and oxygen atoms in total. The van der Waals surface area contributed by atoms with Crippen molar-refractivity contribution in [2.24, 2.45) is 0 Å². The smallest absolute Gasteiger partial charge is 0.263 e. The minimum absolute atomic E-state index is 0.174. The summed E-state index contributed by atoms with van der Waals surface area (Å²) < 4.78 is 5.93. The first-order chi connectivity index (χ1) is 15.1. The molecule has 10 heteroatoms. The predicted molar refractivity (Wildman–Crippen MR) is 126 cm³/mol. The first-order valence-corrected chi connectivity index (χ1v) is 11.2. The van der Waals surface area contributed by atoms with Gasteiger partial charge in [-0.15, -0.1) is 11.3 Å². The Labute approximate surface area is 189 Å². The van der Waals surface area contributed by atoms with E-state index in [0.717, 1.165) is 36.6 Å². The highest BCUT2D eigenvalue weighted by Gasteiger charge is 2.17. The number of carbonyl (C=O) groups is 1. The number of anilines is 5. The number of nitrogens with one attached hydrogen (secondary N) is 3. The molecule has 1 aromatic carbocycles. The summed E-state index contributed by atoms with van der Waals surface area (Å²) in [5.41, 5.74) is 2.53. The molecule has 0 spiro atoms. The number of nitrogens with zero attached hydrogens (tertiary/aromatic N) is 3. The van der Waals surface area contributed by atoms with Crippen LogP contribution in [0, 0.1) is 0 Å². The maximum Gasteiger partial charge on any atom is 0.263 e. The van der Waals surface area contributed by atoms with Gasteiger partial charge in [-0.2, -0.15) is 4.98 Å². The van der Waals surface area contributed by atoms with E-state index >= 15 is 0 Å². The van der Waals surface area contributed by atoms with Crippen molar-refractivity contribution in [1.82, 2.24) is 15.3 Å². The van der Waals surface area contributed by atoms with Gasteiger partial charge in [0.15, 0.2) is 5.82 Å². The lowest BCUT2D eigenvalue weighted by Gasteiger charge is -2.22. The first-order valence-electron chi connectivity index (χ1n) is 9.97. The molecule has 0 radical (unpaired) electrons. The van der Waals surface area contributed by atoms with E-state index < -0.39 is 0 Å². The Morgan fingerprint density at radius 2 is 2.19 bits per heavy atom. The van der Waals surface area contributed by atoms with Crippen LogP contribution in [0.25, 0.3) is 0 Å². The van der Waals surface area contributed by atoms with Gasteiger partial charge in [0.2, 0.25) is 5.95 Å². The van der Waals surface area contributed by atoms with E-state index in [-0.39, 0.29) is 5.91 Å². The fourth-order valence-electron chi connectivity index (χ4n) is 3.32. The fourth-order valence-corrected chi connectivity index (χ4v) is 4.26. The Morgan fingerprint density at radius 3 is 3.00 bits per heavy atom. The molecular formula is C21H23ClN6O2S. The molecule has 0 saturated carbocycles. The number of fused-ring (bicyclic) bond motifs is 1. The van der Waals surface area contributed by atoms with Gasteiger partial charge in [0.05, 0.1) is 24.2 Å². The van der Waals surface area contributed by atoms with Crippen LogP contribution >= 0.6 is 22.9 Å². The van der Waals surface area contributed by atoms with Crippen molar-refractivity contribution >= 4 is 57.7 Å². The van der Waals surface area contributed by atoms with Crippen LogP contribution < -0.4 is 25.6 Å². The Bertz CT molecular complexity index is 1090. The molecule has 3 heterocycles. The van der Waals surface area contributed by atoms with Crippen molar-refractivity contribution in [1.29, 1.82) is 0 Å².